The van der Waals surface area contributed by atoms with Gasteiger partial charge < -0.3 is 19.4 Å². The van der Waals surface area contributed by atoms with Gasteiger partial charge in [-0.25, -0.2) is 4.79 Å². The summed E-state index contributed by atoms with van der Waals surface area (Å²) >= 11 is 0. The third kappa shape index (κ3) is 3.12. The molecule has 6 nitrogen and oxygen atoms in total. The number of rotatable bonds is 2. The summed E-state index contributed by atoms with van der Waals surface area (Å²) in [6, 6.07) is 10.6. The average molecular weight is 383 g/mol. The lowest BCUT2D eigenvalue weighted by Gasteiger charge is -2.44. The summed E-state index contributed by atoms with van der Waals surface area (Å²) in [5.74, 6) is 0.695. The SMILES string of the molecule is O=C(OC1CC2CC1[C@H]1CCCCN1C2=O)N1CCN(c2ccccc2)CC1. The van der Waals surface area contributed by atoms with Crippen molar-refractivity contribution in [3.63, 3.8) is 0 Å². The molecule has 4 fully saturated rings. The molecule has 4 aliphatic rings. The first-order valence-corrected chi connectivity index (χ1v) is 10.8. The minimum Gasteiger partial charge on any atom is -0.446 e. The molecule has 1 aliphatic carbocycles. The van der Waals surface area contributed by atoms with E-state index < -0.39 is 0 Å². The molecule has 5 rings (SSSR count). The van der Waals surface area contributed by atoms with Crippen LogP contribution in [-0.4, -0.2) is 66.7 Å². The van der Waals surface area contributed by atoms with Gasteiger partial charge in [0.15, 0.2) is 0 Å². The molecule has 3 unspecified atom stereocenters. The number of piperazine rings is 1. The van der Waals surface area contributed by atoms with E-state index in [1.54, 1.807) is 0 Å². The molecule has 2 amide bonds. The van der Waals surface area contributed by atoms with Crippen molar-refractivity contribution in [3.05, 3.63) is 30.3 Å². The molecular formula is C22H29N3O3. The second kappa shape index (κ2) is 7.30. The van der Waals surface area contributed by atoms with Crippen molar-refractivity contribution in [3.8, 4) is 0 Å². The number of nitrogens with zero attached hydrogens (tertiary/aromatic N) is 3. The zero-order chi connectivity index (χ0) is 19.1. The fourth-order valence-corrected chi connectivity index (χ4v) is 5.67. The molecule has 1 aromatic carbocycles. The van der Waals surface area contributed by atoms with Crippen LogP contribution in [0, 0.1) is 11.8 Å². The van der Waals surface area contributed by atoms with Crippen LogP contribution in [0.2, 0.25) is 0 Å². The number of anilines is 1. The Morgan fingerprint density at radius 3 is 2.54 bits per heavy atom. The van der Waals surface area contributed by atoms with Crippen LogP contribution < -0.4 is 4.90 Å². The maximum atomic E-state index is 12.8. The summed E-state index contributed by atoms with van der Waals surface area (Å²) in [7, 11) is 0. The second-order valence-corrected chi connectivity index (χ2v) is 8.66. The Balaban J connectivity index is 1.19. The van der Waals surface area contributed by atoms with Gasteiger partial charge in [-0.1, -0.05) is 18.2 Å². The zero-order valence-electron chi connectivity index (χ0n) is 16.3. The largest absolute Gasteiger partial charge is 0.446 e. The Bertz CT molecular complexity index is 732. The number of carbonyl (C=O) groups is 2. The summed E-state index contributed by atoms with van der Waals surface area (Å²) in [5, 5.41) is 0. The first-order chi connectivity index (χ1) is 13.7. The standard InChI is InChI=1S/C22H29N3O3/c26-21-16-14-18(19-8-4-5-9-25(19)21)20(15-16)28-22(27)24-12-10-23(11-13-24)17-6-2-1-3-7-17/h1-3,6-7,16,18-20H,4-5,8-15H2/t16?,18?,19-,20?/m1/s1. The van der Waals surface area contributed by atoms with Crippen LogP contribution in [0.3, 0.4) is 0 Å². The Morgan fingerprint density at radius 1 is 0.964 bits per heavy atom. The van der Waals surface area contributed by atoms with E-state index in [1.165, 1.54) is 12.1 Å². The zero-order valence-corrected chi connectivity index (χ0v) is 16.3. The number of benzene rings is 1. The molecule has 0 spiro atoms. The van der Waals surface area contributed by atoms with E-state index in [4.69, 9.17) is 4.74 Å². The number of ether oxygens (including phenoxy) is 1. The molecular weight excluding hydrogens is 354 g/mol. The first-order valence-electron chi connectivity index (χ1n) is 10.8. The fraction of sp³-hybridized carbons (Fsp3) is 0.636. The van der Waals surface area contributed by atoms with Crippen LogP contribution in [0.1, 0.15) is 32.1 Å². The number of para-hydroxylation sites is 1. The van der Waals surface area contributed by atoms with E-state index in [0.29, 0.717) is 31.3 Å². The molecule has 0 radical (unpaired) electrons. The molecule has 3 aliphatic heterocycles. The van der Waals surface area contributed by atoms with Crippen LogP contribution in [0.15, 0.2) is 30.3 Å². The van der Waals surface area contributed by atoms with Gasteiger partial charge >= 0.3 is 6.09 Å². The van der Waals surface area contributed by atoms with Gasteiger partial charge in [-0.15, -0.1) is 0 Å². The van der Waals surface area contributed by atoms with E-state index >= 15 is 0 Å². The molecule has 2 bridgehead atoms. The monoisotopic (exact) mass is 383 g/mol. The maximum absolute atomic E-state index is 12.8. The van der Waals surface area contributed by atoms with Gasteiger partial charge in [-0.3, -0.25) is 4.79 Å². The number of hydrogen-bond donors (Lipinski definition) is 0. The lowest BCUT2D eigenvalue weighted by atomic mass is 9.84. The van der Waals surface area contributed by atoms with Crippen LogP contribution in [0.4, 0.5) is 10.5 Å². The molecule has 28 heavy (non-hydrogen) atoms. The van der Waals surface area contributed by atoms with Crippen LogP contribution in [0.5, 0.6) is 0 Å². The minimum atomic E-state index is -0.194. The van der Waals surface area contributed by atoms with Crippen molar-refractivity contribution in [2.45, 2.75) is 44.2 Å². The van der Waals surface area contributed by atoms with E-state index in [0.717, 1.165) is 38.9 Å². The molecule has 3 heterocycles. The Labute approximate surface area is 166 Å². The predicted molar refractivity (Wildman–Crippen MR) is 106 cm³/mol. The smallest absolute Gasteiger partial charge is 0.410 e. The van der Waals surface area contributed by atoms with Gasteiger partial charge in [0.2, 0.25) is 5.91 Å². The summed E-state index contributed by atoms with van der Waals surface area (Å²) in [6.45, 7) is 3.90. The Morgan fingerprint density at radius 2 is 1.75 bits per heavy atom. The van der Waals surface area contributed by atoms with Gasteiger partial charge in [-0.2, -0.15) is 0 Å². The van der Waals surface area contributed by atoms with E-state index in [2.05, 4.69) is 21.9 Å². The van der Waals surface area contributed by atoms with Crippen molar-refractivity contribution in [1.82, 2.24) is 9.80 Å². The lowest BCUT2D eigenvalue weighted by molar-refractivity contribution is -0.143. The van der Waals surface area contributed by atoms with Gasteiger partial charge in [-0.05, 0) is 44.2 Å². The second-order valence-electron chi connectivity index (χ2n) is 8.66. The van der Waals surface area contributed by atoms with Crippen LogP contribution in [-0.2, 0) is 9.53 Å². The van der Waals surface area contributed by atoms with Gasteiger partial charge in [0.05, 0.1) is 0 Å². The average Bonchev–Trinajstić information content (AvgIpc) is 3.13. The van der Waals surface area contributed by atoms with Crippen molar-refractivity contribution >= 4 is 17.7 Å². The summed E-state index contributed by atoms with van der Waals surface area (Å²) < 4.78 is 5.99. The van der Waals surface area contributed by atoms with Crippen molar-refractivity contribution in [2.24, 2.45) is 11.8 Å². The maximum Gasteiger partial charge on any atom is 0.410 e. The number of fused-ring (bicyclic) bond motifs is 4. The number of hydrogen-bond acceptors (Lipinski definition) is 4. The third-order valence-corrected chi connectivity index (χ3v) is 7.14. The van der Waals surface area contributed by atoms with E-state index in [9.17, 15) is 9.59 Å². The molecule has 150 valence electrons. The van der Waals surface area contributed by atoms with Gasteiger partial charge in [0.25, 0.3) is 0 Å². The van der Waals surface area contributed by atoms with Crippen LogP contribution in [0.25, 0.3) is 0 Å². The predicted octanol–water partition coefficient (Wildman–Crippen LogP) is 2.73. The van der Waals surface area contributed by atoms with Crippen LogP contribution >= 0.6 is 0 Å². The quantitative estimate of drug-likeness (QED) is 0.788. The molecule has 3 saturated heterocycles. The van der Waals surface area contributed by atoms with Crippen molar-refractivity contribution < 1.29 is 14.3 Å². The number of amides is 2. The van der Waals surface area contributed by atoms with Gasteiger partial charge in [0.1, 0.15) is 6.10 Å². The fourth-order valence-electron chi connectivity index (χ4n) is 5.67. The molecule has 6 heteroatoms. The third-order valence-electron chi connectivity index (χ3n) is 7.14. The molecule has 4 atom stereocenters. The molecule has 1 aromatic rings. The Kier molecular flexibility index (Phi) is 4.65. The highest BCUT2D eigenvalue weighted by atomic mass is 16.6. The minimum absolute atomic E-state index is 0.0621. The van der Waals surface area contributed by atoms with E-state index in [1.807, 2.05) is 23.1 Å². The summed E-state index contributed by atoms with van der Waals surface area (Å²) in [6.07, 6.45) is 4.68. The summed E-state index contributed by atoms with van der Waals surface area (Å²) in [4.78, 5) is 31.7. The van der Waals surface area contributed by atoms with Gasteiger partial charge in [0, 0.05) is 56.3 Å². The normalized spacial score (nSPS) is 32.3. The summed E-state index contributed by atoms with van der Waals surface area (Å²) in [5.41, 5.74) is 1.20. The number of piperidine rings is 2. The molecule has 1 saturated carbocycles. The Hall–Kier alpha value is -2.24. The highest BCUT2D eigenvalue weighted by Crippen LogP contribution is 2.45. The molecule has 0 aromatic heterocycles. The van der Waals surface area contributed by atoms with Crippen molar-refractivity contribution in [1.29, 1.82) is 0 Å². The topological polar surface area (TPSA) is 53.1 Å². The van der Waals surface area contributed by atoms with E-state index in [-0.39, 0.29) is 24.2 Å². The van der Waals surface area contributed by atoms with Crippen molar-refractivity contribution in [2.75, 3.05) is 37.6 Å². The molecule has 0 N–H and O–H groups in total. The highest BCUT2D eigenvalue weighted by Gasteiger charge is 2.52. The first kappa shape index (κ1) is 17.8. The lowest BCUT2D eigenvalue weighted by Crippen LogP contribution is -2.53. The highest BCUT2D eigenvalue weighted by molar-refractivity contribution is 5.81. The number of carbonyl (C=O) groups excluding carboxylic acids is 2.